The molecule has 0 bridgehead atoms. The van der Waals surface area contributed by atoms with E-state index in [1.807, 2.05) is 18.2 Å². The van der Waals surface area contributed by atoms with Crippen molar-refractivity contribution in [3.63, 3.8) is 0 Å². The largest absolute Gasteiger partial charge is 0.573 e. The Morgan fingerprint density at radius 2 is 1.62 bits per heavy atom. The predicted molar refractivity (Wildman–Crippen MR) is 113 cm³/mol. The molecule has 0 aliphatic carbocycles. The first-order chi connectivity index (χ1) is 15.4. The van der Waals surface area contributed by atoms with Gasteiger partial charge in [-0.2, -0.15) is 5.10 Å². The summed E-state index contributed by atoms with van der Waals surface area (Å²) in [5, 5.41) is 12.4. The average Bonchev–Trinajstić information content (AvgIpc) is 3.25. The molecule has 0 aliphatic rings. The van der Waals surface area contributed by atoms with E-state index in [0.717, 1.165) is 34.5 Å². The van der Waals surface area contributed by atoms with E-state index in [0.29, 0.717) is 11.4 Å². The van der Waals surface area contributed by atoms with Gasteiger partial charge in [0.05, 0.1) is 11.9 Å². The molecule has 10 heteroatoms. The van der Waals surface area contributed by atoms with Crippen molar-refractivity contribution < 1.29 is 22.7 Å². The fourth-order valence-corrected chi connectivity index (χ4v) is 3.04. The van der Waals surface area contributed by atoms with Crippen molar-refractivity contribution >= 4 is 17.4 Å². The molecule has 0 saturated heterocycles. The van der Waals surface area contributed by atoms with Crippen molar-refractivity contribution in [3.05, 3.63) is 79.3 Å². The van der Waals surface area contributed by atoms with Crippen LogP contribution in [0.3, 0.4) is 0 Å². The molecule has 162 valence electrons. The van der Waals surface area contributed by atoms with Crippen LogP contribution < -0.4 is 15.4 Å². The van der Waals surface area contributed by atoms with Crippen molar-refractivity contribution in [2.24, 2.45) is 0 Å². The van der Waals surface area contributed by atoms with Crippen LogP contribution in [0.2, 0.25) is 0 Å². The van der Waals surface area contributed by atoms with Gasteiger partial charge in [0.2, 0.25) is 0 Å². The van der Waals surface area contributed by atoms with Gasteiger partial charge in [0.25, 0.3) is 0 Å². The number of carbonyl (C=O) groups excluding carboxylic acids is 1. The first-order valence-electron chi connectivity index (χ1n) is 9.35. The second kappa shape index (κ2) is 8.80. The van der Waals surface area contributed by atoms with Gasteiger partial charge in [0, 0.05) is 34.9 Å². The Morgan fingerprint density at radius 1 is 0.906 bits per heavy atom. The van der Waals surface area contributed by atoms with Crippen LogP contribution >= 0.6 is 0 Å². The van der Waals surface area contributed by atoms with Crippen LogP contribution in [0.15, 0.2) is 79.3 Å². The maximum absolute atomic E-state index is 12.3. The van der Waals surface area contributed by atoms with Gasteiger partial charge in [-0.3, -0.25) is 10.1 Å². The molecule has 2 aromatic carbocycles. The lowest BCUT2D eigenvalue weighted by atomic mass is 10.0. The van der Waals surface area contributed by atoms with Crippen LogP contribution in [0.25, 0.3) is 22.4 Å². The maximum Gasteiger partial charge on any atom is 0.573 e. The van der Waals surface area contributed by atoms with Gasteiger partial charge in [0.1, 0.15) is 5.75 Å². The minimum atomic E-state index is -4.77. The molecule has 2 amide bonds. The third kappa shape index (κ3) is 5.22. The molecule has 3 N–H and O–H groups in total. The molecular weight excluding hydrogens is 423 g/mol. The van der Waals surface area contributed by atoms with Gasteiger partial charge >= 0.3 is 12.4 Å². The van der Waals surface area contributed by atoms with E-state index in [4.69, 9.17) is 0 Å². The first-order valence-corrected chi connectivity index (χ1v) is 9.35. The van der Waals surface area contributed by atoms with E-state index in [2.05, 4.69) is 30.6 Å². The van der Waals surface area contributed by atoms with Crippen LogP contribution in [0, 0.1) is 0 Å². The molecule has 0 radical (unpaired) electrons. The highest BCUT2D eigenvalue weighted by molar-refractivity contribution is 6.00. The van der Waals surface area contributed by atoms with E-state index < -0.39 is 12.4 Å². The highest BCUT2D eigenvalue weighted by Gasteiger charge is 2.30. The summed E-state index contributed by atoms with van der Waals surface area (Å²) < 4.78 is 40.5. The second-order valence-corrected chi connectivity index (χ2v) is 6.63. The number of anilines is 2. The summed E-state index contributed by atoms with van der Waals surface area (Å²) in [6.45, 7) is 0. The number of aromatic amines is 1. The number of hydrogen-bond acceptors (Lipinski definition) is 4. The third-order valence-electron chi connectivity index (χ3n) is 4.39. The number of carbonyl (C=O) groups is 1. The average molecular weight is 439 g/mol. The molecule has 32 heavy (non-hydrogen) atoms. The summed E-state index contributed by atoms with van der Waals surface area (Å²) in [6, 6.07) is 15.2. The van der Waals surface area contributed by atoms with Crippen molar-refractivity contribution in [1.29, 1.82) is 0 Å². The van der Waals surface area contributed by atoms with E-state index in [1.54, 1.807) is 36.8 Å². The molecule has 2 heterocycles. The lowest BCUT2D eigenvalue weighted by molar-refractivity contribution is -0.274. The van der Waals surface area contributed by atoms with Crippen LogP contribution in [-0.4, -0.2) is 27.6 Å². The quantitative estimate of drug-likeness (QED) is 0.373. The van der Waals surface area contributed by atoms with Crippen LogP contribution in [0.4, 0.5) is 29.3 Å². The number of aromatic nitrogens is 3. The fourth-order valence-electron chi connectivity index (χ4n) is 3.04. The molecule has 7 nitrogen and oxygen atoms in total. The fraction of sp³-hybridized carbons (Fsp3) is 0.0455. The van der Waals surface area contributed by atoms with Crippen molar-refractivity contribution in [1.82, 2.24) is 15.2 Å². The zero-order valence-corrected chi connectivity index (χ0v) is 16.4. The zero-order chi connectivity index (χ0) is 22.6. The predicted octanol–water partition coefficient (Wildman–Crippen LogP) is 5.68. The van der Waals surface area contributed by atoms with E-state index in [-0.39, 0.29) is 5.75 Å². The number of benzene rings is 2. The maximum atomic E-state index is 12.3. The number of hydrogen-bond donors (Lipinski definition) is 3. The Morgan fingerprint density at radius 3 is 2.34 bits per heavy atom. The summed E-state index contributed by atoms with van der Waals surface area (Å²) in [6.07, 6.45) is 0.319. The minimum absolute atomic E-state index is 0.307. The molecule has 2 aromatic heterocycles. The van der Waals surface area contributed by atoms with Crippen molar-refractivity contribution in [2.45, 2.75) is 6.36 Å². The van der Waals surface area contributed by atoms with Crippen LogP contribution in [-0.2, 0) is 0 Å². The summed E-state index contributed by atoms with van der Waals surface area (Å²) in [5.74, 6) is -0.374. The molecule has 0 atom stereocenters. The van der Waals surface area contributed by atoms with E-state index >= 15 is 0 Å². The Hall–Kier alpha value is -4.34. The van der Waals surface area contributed by atoms with Gasteiger partial charge in [0.15, 0.2) is 0 Å². The smallest absolute Gasteiger partial charge is 0.406 e. The van der Waals surface area contributed by atoms with E-state index in [9.17, 15) is 18.0 Å². The SMILES string of the molecule is O=C(Nc1ccc(OC(F)(F)F)cc1)Nc1cccc(-c2[nH]ncc2-c2ccncc2)c1. The Labute approximate surface area is 180 Å². The number of alkyl halides is 3. The number of amides is 2. The molecule has 4 aromatic rings. The van der Waals surface area contributed by atoms with Gasteiger partial charge in [-0.05, 0) is 54.1 Å². The zero-order valence-electron chi connectivity index (χ0n) is 16.4. The molecule has 0 fully saturated rings. The Kier molecular flexibility index (Phi) is 5.75. The number of nitrogens with one attached hydrogen (secondary N) is 3. The van der Waals surface area contributed by atoms with Crippen LogP contribution in [0.5, 0.6) is 5.75 Å². The normalized spacial score (nSPS) is 11.1. The molecule has 4 rings (SSSR count). The monoisotopic (exact) mass is 439 g/mol. The molecule has 0 aliphatic heterocycles. The first kappa shape index (κ1) is 20.9. The van der Waals surface area contributed by atoms with Crippen LogP contribution in [0.1, 0.15) is 0 Å². The topological polar surface area (TPSA) is 91.9 Å². The van der Waals surface area contributed by atoms with Crippen molar-refractivity contribution in [2.75, 3.05) is 10.6 Å². The molecular formula is C22H16F3N5O2. The number of nitrogens with zero attached hydrogens (tertiary/aromatic N) is 2. The number of ether oxygens (including phenoxy) is 1. The highest BCUT2D eigenvalue weighted by atomic mass is 19.4. The molecule has 0 saturated carbocycles. The van der Waals surface area contributed by atoms with Gasteiger partial charge in [-0.15, -0.1) is 13.2 Å². The number of urea groups is 1. The standard InChI is InChI=1S/C22H16F3N5O2/c23-22(24,25)32-18-6-4-16(5-7-18)28-21(31)29-17-3-1-2-15(12-17)20-19(13-27-30-20)14-8-10-26-11-9-14/h1-13H,(H,27,30)(H2,28,29,31). The molecule has 0 spiro atoms. The van der Waals surface area contributed by atoms with E-state index in [1.165, 1.54) is 12.1 Å². The number of pyridine rings is 1. The number of H-pyrrole nitrogens is 1. The van der Waals surface area contributed by atoms with Crippen molar-refractivity contribution in [3.8, 4) is 28.1 Å². The molecule has 0 unspecified atom stereocenters. The highest BCUT2D eigenvalue weighted by Crippen LogP contribution is 2.31. The van der Waals surface area contributed by atoms with Gasteiger partial charge in [-0.25, -0.2) is 4.79 Å². The summed E-state index contributed by atoms with van der Waals surface area (Å²) in [7, 11) is 0. The summed E-state index contributed by atoms with van der Waals surface area (Å²) >= 11 is 0. The lowest BCUT2D eigenvalue weighted by Gasteiger charge is -2.11. The summed E-state index contributed by atoms with van der Waals surface area (Å²) in [5.41, 5.74) is 4.24. The summed E-state index contributed by atoms with van der Waals surface area (Å²) in [4.78, 5) is 16.3. The third-order valence-corrected chi connectivity index (χ3v) is 4.39. The number of rotatable bonds is 5. The van der Waals surface area contributed by atoms with Gasteiger partial charge in [-0.1, -0.05) is 12.1 Å². The number of halogens is 3. The lowest BCUT2D eigenvalue weighted by Crippen LogP contribution is -2.19. The minimum Gasteiger partial charge on any atom is -0.406 e. The van der Waals surface area contributed by atoms with Gasteiger partial charge < -0.3 is 15.4 Å². The Balaban J connectivity index is 1.45. The Bertz CT molecular complexity index is 1210. The second-order valence-electron chi connectivity index (χ2n) is 6.63.